The van der Waals surface area contributed by atoms with Gasteiger partial charge in [0.2, 0.25) is 0 Å². The van der Waals surface area contributed by atoms with Crippen molar-refractivity contribution in [3.05, 3.63) is 15.9 Å². The van der Waals surface area contributed by atoms with E-state index in [0.717, 1.165) is 15.9 Å². The molecule has 5 heteroatoms. The maximum atomic E-state index is 11.2. The number of ether oxygens (including phenoxy) is 1. The molecule has 1 heterocycles. The van der Waals surface area contributed by atoms with Crippen LogP contribution in [0.25, 0.3) is 0 Å². The predicted molar refractivity (Wildman–Crippen MR) is 60.6 cm³/mol. The zero-order chi connectivity index (χ0) is 11.6. The molecule has 0 aliphatic carbocycles. The van der Waals surface area contributed by atoms with Gasteiger partial charge in [0, 0.05) is 5.69 Å². The molecule has 0 radical (unpaired) electrons. The lowest BCUT2D eigenvalue weighted by atomic mass is 10.2. The molecular formula is C10H15BrN2O2. The molecule has 4 nitrogen and oxygen atoms in total. The van der Waals surface area contributed by atoms with E-state index < -0.39 is 0 Å². The van der Waals surface area contributed by atoms with Crippen LogP contribution in [0.3, 0.4) is 0 Å². The molecule has 0 fully saturated rings. The van der Waals surface area contributed by atoms with Crippen molar-refractivity contribution in [3.8, 4) is 0 Å². The Morgan fingerprint density at radius 1 is 1.60 bits per heavy atom. The van der Waals surface area contributed by atoms with E-state index in [2.05, 4.69) is 25.8 Å². The third-order valence-corrected chi connectivity index (χ3v) is 3.49. The molecule has 0 saturated heterocycles. The largest absolute Gasteiger partial charge is 0.469 e. The van der Waals surface area contributed by atoms with Crippen molar-refractivity contribution < 1.29 is 9.53 Å². The van der Waals surface area contributed by atoms with Crippen LogP contribution >= 0.6 is 15.9 Å². The van der Waals surface area contributed by atoms with Crippen LogP contribution < -0.4 is 0 Å². The molecule has 84 valence electrons. The molecule has 0 bridgehead atoms. The molecule has 0 aliphatic heterocycles. The summed E-state index contributed by atoms with van der Waals surface area (Å²) in [6, 6.07) is 0. The molecule has 0 amide bonds. The molecule has 0 spiro atoms. The quantitative estimate of drug-likeness (QED) is 0.793. The molecular weight excluding hydrogens is 260 g/mol. The lowest BCUT2D eigenvalue weighted by Crippen LogP contribution is -2.20. The van der Waals surface area contributed by atoms with Gasteiger partial charge in [-0.3, -0.25) is 9.48 Å². The van der Waals surface area contributed by atoms with Gasteiger partial charge >= 0.3 is 5.97 Å². The molecule has 15 heavy (non-hydrogen) atoms. The monoisotopic (exact) mass is 274 g/mol. The van der Waals surface area contributed by atoms with Gasteiger partial charge in [-0.25, -0.2) is 0 Å². The minimum Gasteiger partial charge on any atom is -0.469 e. The van der Waals surface area contributed by atoms with Crippen LogP contribution in [-0.4, -0.2) is 22.9 Å². The number of methoxy groups -OCH3 is 1. The van der Waals surface area contributed by atoms with Crippen molar-refractivity contribution in [2.75, 3.05) is 7.11 Å². The van der Waals surface area contributed by atoms with Gasteiger partial charge in [0.25, 0.3) is 0 Å². The normalized spacial score (nSPS) is 12.6. The molecule has 1 aromatic heterocycles. The summed E-state index contributed by atoms with van der Waals surface area (Å²) < 4.78 is 7.49. The number of hydrogen-bond donors (Lipinski definition) is 0. The number of hydrogen-bond acceptors (Lipinski definition) is 3. The van der Waals surface area contributed by atoms with Gasteiger partial charge < -0.3 is 4.74 Å². The highest BCUT2D eigenvalue weighted by molar-refractivity contribution is 9.10. The van der Waals surface area contributed by atoms with Gasteiger partial charge in [0.05, 0.1) is 29.7 Å². The average molecular weight is 275 g/mol. The summed E-state index contributed by atoms with van der Waals surface area (Å²) in [4.78, 5) is 11.2. The van der Waals surface area contributed by atoms with E-state index in [0.29, 0.717) is 6.54 Å². The Kier molecular flexibility index (Phi) is 3.90. The highest BCUT2D eigenvalue weighted by atomic mass is 79.9. The summed E-state index contributed by atoms with van der Waals surface area (Å²) in [6.45, 7) is 6.27. The van der Waals surface area contributed by atoms with Gasteiger partial charge in [0.15, 0.2) is 0 Å². The molecule has 0 unspecified atom stereocenters. The molecule has 1 rings (SSSR count). The van der Waals surface area contributed by atoms with Crippen molar-refractivity contribution in [2.24, 2.45) is 5.92 Å². The van der Waals surface area contributed by atoms with Crippen LogP contribution in [0.5, 0.6) is 0 Å². The second kappa shape index (κ2) is 4.79. The lowest BCUT2D eigenvalue weighted by Gasteiger charge is -2.10. The Balaban J connectivity index is 2.81. The number of aromatic nitrogens is 2. The first-order valence-electron chi connectivity index (χ1n) is 4.74. The minimum absolute atomic E-state index is 0.181. The first-order valence-corrected chi connectivity index (χ1v) is 5.54. The van der Waals surface area contributed by atoms with Crippen LogP contribution in [0.1, 0.15) is 18.3 Å². The van der Waals surface area contributed by atoms with Gasteiger partial charge in [-0.15, -0.1) is 0 Å². The summed E-state index contributed by atoms with van der Waals surface area (Å²) in [5.41, 5.74) is 1.97. The predicted octanol–water partition coefficient (Wildman–Crippen LogP) is 2.07. The van der Waals surface area contributed by atoms with Crippen molar-refractivity contribution in [3.63, 3.8) is 0 Å². The highest BCUT2D eigenvalue weighted by Crippen LogP contribution is 2.20. The van der Waals surface area contributed by atoms with Crippen molar-refractivity contribution >= 4 is 21.9 Å². The van der Waals surface area contributed by atoms with Crippen LogP contribution in [0, 0.1) is 19.8 Å². The Labute approximate surface area is 97.7 Å². The molecule has 0 saturated carbocycles. The van der Waals surface area contributed by atoms with E-state index >= 15 is 0 Å². The number of nitrogens with zero attached hydrogens (tertiary/aromatic N) is 2. The maximum absolute atomic E-state index is 11.2. The maximum Gasteiger partial charge on any atom is 0.310 e. The summed E-state index contributed by atoms with van der Waals surface area (Å²) in [5.74, 6) is -0.390. The smallest absolute Gasteiger partial charge is 0.310 e. The summed E-state index contributed by atoms with van der Waals surface area (Å²) in [7, 11) is 1.40. The first kappa shape index (κ1) is 12.2. The zero-order valence-electron chi connectivity index (χ0n) is 9.37. The van der Waals surface area contributed by atoms with Gasteiger partial charge in [0.1, 0.15) is 0 Å². The molecule has 1 aromatic rings. The standard InChI is InChI=1S/C10H15BrN2O2/c1-6(10(14)15-4)5-13-8(3)9(11)7(2)12-13/h6H,5H2,1-4H3/t6-/m0/s1. The fourth-order valence-corrected chi connectivity index (χ4v) is 1.67. The van der Waals surface area contributed by atoms with Gasteiger partial charge in [-0.1, -0.05) is 6.92 Å². The Hall–Kier alpha value is -0.840. The second-order valence-corrected chi connectivity index (χ2v) is 4.38. The van der Waals surface area contributed by atoms with Gasteiger partial charge in [-0.2, -0.15) is 5.10 Å². The van der Waals surface area contributed by atoms with E-state index in [9.17, 15) is 4.79 Å². The van der Waals surface area contributed by atoms with Crippen molar-refractivity contribution in [1.82, 2.24) is 9.78 Å². The van der Waals surface area contributed by atoms with Crippen molar-refractivity contribution in [1.29, 1.82) is 0 Å². The lowest BCUT2D eigenvalue weighted by molar-refractivity contribution is -0.145. The fraction of sp³-hybridized carbons (Fsp3) is 0.600. The number of rotatable bonds is 3. The van der Waals surface area contributed by atoms with E-state index in [-0.39, 0.29) is 11.9 Å². The fourth-order valence-electron chi connectivity index (χ4n) is 1.39. The summed E-state index contributed by atoms with van der Waals surface area (Å²) >= 11 is 3.44. The Morgan fingerprint density at radius 3 is 2.60 bits per heavy atom. The average Bonchev–Trinajstić information content (AvgIpc) is 2.45. The second-order valence-electron chi connectivity index (χ2n) is 3.59. The van der Waals surface area contributed by atoms with E-state index in [1.54, 1.807) is 0 Å². The van der Waals surface area contributed by atoms with Crippen LogP contribution in [0.4, 0.5) is 0 Å². The van der Waals surface area contributed by atoms with Crippen LogP contribution in [0.2, 0.25) is 0 Å². The first-order chi connectivity index (χ1) is 6.97. The molecule has 0 N–H and O–H groups in total. The Bertz CT molecular complexity index is 374. The highest BCUT2D eigenvalue weighted by Gasteiger charge is 2.17. The van der Waals surface area contributed by atoms with Crippen molar-refractivity contribution in [2.45, 2.75) is 27.3 Å². The SMILES string of the molecule is COC(=O)[C@@H](C)Cn1nc(C)c(Br)c1C. The van der Waals surface area contributed by atoms with E-state index in [4.69, 9.17) is 0 Å². The number of esters is 1. The number of aryl methyl sites for hydroxylation is 1. The molecule has 0 aromatic carbocycles. The summed E-state index contributed by atoms with van der Waals surface area (Å²) in [6.07, 6.45) is 0. The third-order valence-electron chi connectivity index (χ3n) is 2.34. The number of halogens is 1. The van der Waals surface area contributed by atoms with Crippen LogP contribution in [0.15, 0.2) is 4.47 Å². The zero-order valence-corrected chi connectivity index (χ0v) is 11.0. The van der Waals surface area contributed by atoms with E-state index in [1.165, 1.54) is 7.11 Å². The number of carbonyl (C=O) groups is 1. The third kappa shape index (κ3) is 2.59. The van der Waals surface area contributed by atoms with Crippen LogP contribution in [-0.2, 0) is 16.1 Å². The molecule has 0 aliphatic rings. The topological polar surface area (TPSA) is 44.1 Å². The minimum atomic E-state index is -0.210. The summed E-state index contributed by atoms with van der Waals surface area (Å²) in [5, 5.41) is 4.33. The Morgan fingerprint density at radius 2 is 2.20 bits per heavy atom. The van der Waals surface area contributed by atoms with Gasteiger partial charge in [-0.05, 0) is 29.8 Å². The molecule has 1 atom stereocenters. The number of carbonyl (C=O) groups excluding carboxylic acids is 1. The van der Waals surface area contributed by atoms with E-state index in [1.807, 2.05) is 25.5 Å².